The van der Waals surface area contributed by atoms with E-state index in [4.69, 9.17) is 15.2 Å². The van der Waals surface area contributed by atoms with Crippen molar-refractivity contribution in [1.82, 2.24) is 4.90 Å². The fourth-order valence-electron chi connectivity index (χ4n) is 3.56. The van der Waals surface area contributed by atoms with Crippen molar-refractivity contribution in [2.45, 2.75) is 24.8 Å². The Labute approximate surface area is 154 Å². The third-order valence-electron chi connectivity index (χ3n) is 5.04. The number of methoxy groups -OCH3 is 2. The number of carbonyl (C=O) groups excluding carboxylic acids is 1. The smallest absolute Gasteiger partial charge is 0.222 e. The standard InChI is InChI=1S/C21H26N2O3/c1-25-17-9-10-20(26-2)16(12-17)8-11-21(24)23-13-18(19(22)14-23)15-6-4-3-5-7-15/h3-7,9-10,12,18-19H,8,11,13-14,22H2,1-2H3/t18-,19+/m0/s1. The lowest BCUT2D eigenvalue weighted by atomic mass is 9.95. The van der Waals surface area contributed by atoms with E-state index in [1.54, 1.807) is 14.2 Å². The summed E-state index contributed by atoms with van der Waals surface area (Å²) in [7, 11) is 3.27. The van der Waals surface area contributed by atoms with E-state index in [2.05, 4.69) is 12.1 Å². The van der Waals surface area contributed by atoms with E-state index in [9.17, 15) is 4.79 Å². The number of nitrogens with two attached hydrogens (primary N) is 1. The molecule has 5 nitrogen and oxygen atoms in total. The van der Waals surface area contributed by atoms with Crippen LogP contribution in [0.15, 0.2) is 48.5 Å². The molecule has 0 radical (unpaired) electrons. The number of nitrogens with zero attached hydrogens (tertiary/aromatic N) is 1. The van der Waals surface area contributed by atoms with E-state index in [1.807, 2.05) is 41.3 Å². The Morgan fingerprint density at radius 2 is 1.88 bits per heavy atom. The highest BCUT2D eigenvalue weighted by Gasteiger charge is 2.33. The van der Waals surface area contributed by atoms with Crippen molar-refractivity contribution in [3.63, 3.8) is 0 Å². The van der Waals surface area contributed by atoms with Gasteiger partial charge in [-0.2, -0.15) is 0 Å². The molecule has 1 saturated heterocycles. The summed E-state index contributed by atoms with van der Waals surface area (Å²) in [5.74, 6) is 1.87. The average molecular weight is 354 g/mol. The quantitative estimate of drug-likeness (QED) is 0.866. The predicted octanol–water partition coefficient (Wildman–Crippen LogP) is 2.59. The van der Waals surface area contributed by atoms with Crippen LogP contribution in [0, 0.1) is 0 Å². The van der Waals surface area contributed by atoms with Gasteiger partial charge in [-0.3, -0.25) is 4.79 Å². The second kappa shape index (κ2) is 8.23. The lowest BCUT2D eigenvalue weighted by molar-refractivity contribution is -0.130. The molecule has 1 amide bonds. The van der Waals surface area contributed by atoms with Crippen LogP contribution < -0.4 is 15.2 Å². The third-order valence-corrected chi connectivity index (χ3v) is 5.04. The zero-order chi connectivity index (χ0) is 18.5. The molecular weight excluding hydrogens is 328 g/mol. The first kappa shape index (κ1) is 18.3. The zero-order valence-corrected chi connectivity index (χ0v) is 15.4. The molecule has 1 aliphatic rings. The molecule has 0 bridgehead atoms. The number of likely N-dealkylation sites (tertiary alicyclic amines) is 1. The van der Waals surface area contributed by atoms with Gasteiger partial charge in [0.1, 0.15) is 11.5 Å². The highest BCUT2D eigenvalue weighted by molar-refractivity contribution is 5.77. The molecule has 0 aliphatic carbocycles. The van der Waals surface area contributed by atoms with Crippen LogP contribution >= 0.6 is 0 Å². The van der Waals surface area contributed by atoms with E-state index in [-0.39, 0.29) is 17.9 Å². The topological polar surface area (TPSA) is 64.8 Å². The average Bonchev–Trinajstić information content (AvgIpc) is 3.08. The Balaban J connectivity index is 1.63. The summed E-state index contributed by atoms with van der Waals surface area (Å²) in [5, 5.41) is 0. The first-order chi connectivity index (χ1) is 12.6. The van der Waals surface area contributed by atoms with Gasteiger partial charge in [0.2, 0.25) is 5.91 Å². The Hall–Kier alpha value is -2.53. The summed E-state index contributed by atoms with van der Waals surface area (Å²) in [6.45, 7) is 1.28. The van der Waals surface area contributed by atoms with Gasteiger partial charge in [-0.05, 0) is 35.7 Å². The Bertz CT molecular complexity index is 748. The molecule has 26 heavy (non-hydrogen) atoms. The minimum atomic E-state index is -0.0206. The minimum Gasteiger partial charge on any atom is -0.497 e. The van der Waals surface area contributed by atoms with Crippen LogP contribution in [0.1, 0.15) is 23.5 Å². The molecule has 138 valence electrons. The van der Waals surface area contributed by atoms with Crippen LogP contribution in [0.3, 0.4) is 0 Å². The summed E-state index contributed by atoms with van der Waals surface area (Å²) >= 11 is 0. The number of carbonyl (C=O) groups is 1. The molecule has 1 fully saturated rings. The number of amides is 1. The van der Waals surface area contributed by atoms with Gasteiger partial charge >= 0.3 is 0 Å². The van der Waals surface area contributed by atoms with Crippen LogP contribution in [-0.4, -0.2) is 44.2 Å². The van der Waals surface area contributed by atoms with Crippen LogP contribution in [0.4, 0.5) is 0 Å². The molecule has 5 heteroatoms. The number of hydrogen-bond donors (Lipinski definition) is 1. The first-order valence-electron chi connectivity index (χ1n) is 8.91. The van der Waals surface area contributed by atoms with Gasteiger partial charge in [-0.15, -0.1) is 0 Å². The molecule has 0 spiro atoms. The van der Waals surface area contributed by atoms with Crippen molar-refractivity contribution in [3.05, 3.63) is 59.7 Å². The monoisotopic (exact) mass is 354 g/mol. The second-order valence-electron chi connectivity index (χ2n) is 6.66. The summed E-state index contributed by atoms with van der Waals surface area (Å²) < 4.78 is 10.7. The summed E-state index contributed by atoms with van der Waals surface area (Å²) in [4.78, 5) is 14.6. The van der Waals surface area contributed by atoms with Crippen LogP contribution in [-0.2, 0) is 11.2 Å². The van der Waals surface area contributed by atoms with Gasteiger partial charge < -0.3 is 20.1 Å². The van der Waals surface area contributed by atoms with E-state index in [0.717, 1.165) is 17.1 Å². The maximum Gasteiger partial charge on any atom is 0.222 e. The molecule has 1 aliphatic heterocycles. The molecule has 0 saturated carbocycles. The first-order valence-corrected chi connectivity index (χ1v) is 8.91. The van der Waals surface area contributed by atoms with Crippen molar-refractivity contribution in [3.8, 4) is 11.5 Å². The summed E-state index contributed by atoms with van der Waals surface area (Å²) in [6, 6.07) is 15.8. The molecular formula is C21H26N2O3. The molecule has 0 aromatic heterocycles. The number of aryl methyl sites for hydroxylation is 1. The van der Waals surface area contributed by atoms with Crippen molar-refractivity contribution in [2.75, 3.05) is 27.3 Å². The van der Waals surface area contributed by atoms with Gasteiger partial charge in [-0.1, -0.05) is 30.3 Å². The van der Waals surface area contributed by atoms with E-state index in [0.29, 0.717) is 25.9 Å². The van der Waals surface area contributed by atoms with Gasteiger partial charge in [0.05, 0.1) is 14.2 Å². The summed E-state index contributed by atoms with van der Waals surface area (Å²) in [6.07, 6.45) is 1.04. The Morgan fingerprint density at radius 1 is 1.12 bits per heavy atom. The van der Waals surface area contributed by atoms with Crippen molar-refractivity contribution in [1.29, 1.82) is 0 Å². The molecule has 1 heterocycles. The van der Waals surface area contributed by atoms with Gasteiger partial charge in [0, 0.05) is 31.5 Å². The minimum absolute atomic E-state index is 0.0206. The number of rotatable bonds is 6. The molecule has 2 aromatic carbocycles. The van der Waals surface area contributed by atoms with Crippen LogP contribution in [0.2, 0.25) is 0 Å². The fraction of sp³-hybridized carbons (Fsp3) is 0.381. The zero-order valence-electron chi connectivity index (χ0n) is 15.4. The van der Waals surface area contributed by atoms with Crippen molar-refractivity contribution < 1.29 is 14.3 Å². The molecule has 3 rings (SSSR count). The largest absolute Gasteiger partial charge is 0.497 e. The molecule has 2 N–H and O–H groups in total. The Morgan fingerprint density at radius 3 is 2.58 bits per heavy atom. The van der Waals surface area contributed by atoms with Crippen LogP contribution in [0.25, 0.3) is 0 Å². The normalized spacial score (nSPS) is 19.4. The lowest BCUT2D eigenvalue weighted by Crippen LogP contribution is -2.32. The number of ether oxygens (including phenoxy) is 2. The van der Waals surface area contributed by atoms with Crippen molar-refractivity contribution >= 4 is 5.91 Å². The maximum atomic E-state index is 12.7. The number of hydrogen-bond acceptors (Lipinski definition) is 4. The maximum absolute atomic E-state index is 12.7. The van der Waals surface area contributed by atoms with Gasteiger partial charge in [-0.25, -0.2) is 0 Å². The van der Waals surface area contributed by atoms with E-state index in [1.165, 1.54) is 5.56 Å². The molecule has 2 atom stereocenters. The fourth-order valence-corrected chi connectivity index (χ4v) is 3.56. The SMILES string of the molecule is COc1ccc(OC)c(CCC(=O)N2C[C@@H](N)[C@H](c3ccccc3)C2)c1. The number of benzene rings is 2. The van der Waals surface area contributed by atoms with Gasteiger partial charge in [0.15, 0.2) is 0 Å². The van der Waals surface area contributed by atoms with Gasteiger partial charge in [0.25, 0.3) is 0 Å². The predicted molar refractivity (Wildman–Crippen MR) is 102 cm³/mol. The Kier molecular flexibility index (Phi) is 5.78. The van der Waals surface area contributed by atoms with E-state index >= 15 is 0 Å². The molecule has 0 unspecified atom stereocenters. The van der Waals surface area contributed by atoms with Crippen molar-refractivity contribution in [2.24, 2.45) is 5.73 Å². The molecule has 2 aromatic rings. The van der Waals surface area contributed by atoms with Crippen LogP contribution in [0.5, 0.6) is 11.5 Å². The summed E-state index contributed by atoms with van der Waals surface area (Å²) in [5.41, 5.74) is 8.47. The second-order valence-corrected chi connectivity index (χ2v) is 6.66. The highest BCUT2D eigenvalue weighted by atomic mass is 16.5. The third kappa shape index (κ3) is 3.99. The lowest BCUT2D eigenvalue weighted by Gasteiger charge is -2.17. The highest BCUT2D eigenvalue weighted by Crippen LogP contribution is 2.28. The van der Waals surface area contributed by atoms with E-state index < -0.39 is 0 Å².